The van der Waals surface area contributed by atoms with E-state index in [9.17, 15) is 4.79 Å². The van der Waals surface area contributed by atoms with E-state index in [1.165, 1.54) is 0 Å². The third kappa shape index (κ3) is 2.78. The molecule has 2 unspecified atom stereocenters. The summed E-state index contributed by atoms with van der Waals surface area (Å²) >= 11 is 0. The number of hydrogen-bond acceptors (Lipinski definition) is 4. The first-order valence-electron chi connectivity index (χ1n) is 6.63. The average Bonchev–Trinajstić information content (AvgIpc) is 2.45. The van der Waals surface area contributed by atoms with Crippen molar-refractivity contribution in [3.05, 3.63) is 0 Å². The number of carbonyl (C=O) groups is 1. The van der Waals surface area contributed by atoms with E-state index in [1.807, 2.05) is 25.7 Å². The van der Waals surface area contributed by atoms with Crippen LogP contribution in [0.5, 0.6) is 0 Å². The Labute approximate surface area is 109 Å². The number of methoxy groups -OCH3 is 1. The Kier molecular flexibility index (Phi) is 3.82. The van der Waals surface area contributed by atoms with Gasteiger partial charge in [0, 0.05) is 32.2 Å². The number of nitrogens with one attached hydrogen (secondary N) is 1. The van der Waals surface area contributed by atoms with Gasteiger partial charge in [-0.15, -0.1) is 0 Å². The minimum absolute atomic E-state index is 0.183. The summed E-state index contributed by atoms with van der Waals surface area (Å²) in [5.41, 5.74) is -0.432. The van der Waals surface area contributed by atoms with E-state index in [4.69, 9.17) is 9.47 Å². The van der Waals surface area contributed by atoms with Crippen molar-refractivity contribution < 1.29 is 14.3 Å². The lowest BCUT2D eigenvalue weighted by molar-refractivity contribution is 0.00632. The zero-order valence-electron chi connectivity index (χ0n) is 11.7. The Balaban J connectivity index is 2.06. The molecule has 3 atom stereocenters. The third-order valence-electron chi connectivity index (χ3n) is 3.59. The molecule has 104 valence electrons. The summed E-state index contributed by atoms with van der Waals surface area (Å²) in [4.78, 5) is 14.2. The molecule has 0 spiro atoms. The summed E-state index contributed by atoms with van der Waals surface area (Å²) in [6.07, 6.45) is 0.822. The van der Waals surface area contributed by atoms with Gasteiger partial charge < -0.3 is 14.8 Å². The molecule has 0 radical (unpaired) electrons. The van der Waals surface area contributed by atoms with Gasteiger partial charge in [-0.25, -0.2) is 4.79 Å². The van der Waals surface area contributed by atoms with Crippen molar-refractivity contribution >= 4 is 6.09 Å². The molecule has 0 aromatic heterocycles. The van der Waals surface area contributed by atoms with Crippen molar-refractivity contribution in [2.24, 2.45) is 5.92 Å². The van der Waals surface area contributed by atoms with Gasteiger partial charge in [-0.3, -0.25) is 4.90 Å². The molecular formula is C13H24N2O3. The van der Waals surface area contributed by atoms with E-state index in [0.29, 0.717) is 12.5 Å². The number of fused-ring (bicyclic) bond motifs is 2. The summed E-state index contributed by atoms with van der Waals surface area (Å²) in [6, 6.07) is 0.456. The third-order valence-corrected chi connectivity index (χ3v) is 3.59. The summed E-state index contributed by atoms with van der Waals surface area (Å²) in [5, 5.41) is 3.38. The quantitative estimate of drug-likeness (QED) is 0.807. The highest BCUT2D eigenvalue weighted by atomic mass is 16.6. The van der Waals surface area contributed by atoms with Crippen molar-refractivity contribution in [1.29, 1.82) is 0 Å². The SMILES string of the molecule is COCC1C[C@@H]2CNCC1N2C(=O)OC(C)(C)C. The molecule has 5 heteroatoms. The van der Waals surface area contributed by atoms with Crippen molar-refractivity contribution in [1.82, 2.24) is 10.2 Å². The largest absolute Gasteiger partial charge is 0.444 e. The smallest absolute Gasteiger partial charge is 0.410 e. The Morgan fingerprint density at radius 2 is 2.11 bits per heavy atom. The Hall–Kier alpha value is -0.810. The van der Waals surface area contributed by atoms with Crippen LogP contribution in [0.3, 0.4) is 0 Å². The lowest BCUT2D eigenvalue weighted by atomic mass is 10.0. The Bertz CT molecular complexity index is 314. The number of carbonyl (C=O) groups excluding carboxylic acids is 1. The number of rotatable bonds is 2. The summed E-state index contributed by atoms with van der Waals surface area (Å²) < 4.78 is 10.8. The van der Waals surface area contributed by atoms with E-state index in [1.54, 1.807) is 7.11 Å². The van der Waals surface area contributed by atoms with E-state index in [-0.39, 0.29) is 18.2 Å². The maximum Gasteiger partial charge on any atom is 0.410 e. The van der Waals surface area contributed by atoms with Crippen LogP contribution >= 0.6 is 0 Å². The molecule has 0 aliphatic carbocycles. The molecule has 1 amide bonds. The zero-order valence-corrected chi connectivity index (χ0v) is 11.7. The molecular weight excluding hydrogens is 232 g/mol. The standard InChI is InChI=1S/C13H24N2O3/c1-13(2,3)18-12(16)15-10-5-9(8-17-4)11(15)7-14-6-10/h9-11,14H,5-8H2,1-4H3/t9?,10-,11?/m1/s1. The molecule has 0 aromatic rings. The molecule has 5 nitrogen and oxygen atoms in total. The fourth-order valence-electron chi connectivity index (χ4n) is 2.95. The molecule has 2 rings (SSSR count). The lowest BCUT2D eigenvalue weighted by Gasteiger charge is -2.37. The number of ether oxygens (including phenoxy) is 2. The van der Waals surface area contributed by atoms with Crippen LogP contribution in [-0.4, -0.2) is 55.5 Å². The van der Waals surface area contributed by atoms with E-state index in [0.717, 1.165) is 19.5 Å². The minimum Gasteiger partial charge on any atom is -0.444 e. The molecule has 2 heterocycles. The topological polar surface area (TPSA) is 50.8 Å². The van der Waals surface area contributed by atoms with Gasteiger partial charge in [-0.2, -0.15) is 0 Å². The fourth-order valence-corrected chi connectivity index (χ4v) is 2.95. The van der Waals surface area contributed by atoms with Gasteiger partial charge in [-0.1, -0.05) is 0 Å². The van der Waals surface area contributed by atoms with Crippen LogP contribution in [0.1, 0.15) is 27.2 Å². The van der Waals surface area contributed by atoms with Crippen LogP contribution < -0.4 is 5.32 Å². The van der Waals surface area contributed by atoms with Crippen molar-refractivity contribution in [3.8, 4) is 0 Å². The highest BCUT2D eigenvalue weighted by Crippen LogP contribution is 2.33. The van der Waals surface area contributed by atoms with Crippen LogP contribution in [-0.2, 0) is 9.47 Å². The molecule has 0 saturated carbocycles. The predicted molar refractivity (Wildman–Crippen MR) is 68.5 cm³/mol. The van der Waals surface area contributed by atoms with Gasteiger partial charge >= 0.3 is 6.09 Å². The zero-order chi connectivity index (χ0) is 13.3. The van der Waals surface area contributed by atoms with E-state index < -0.39 is 5.60 Å². The van der Waals surface area contributed by atoms with Gasteiger partial charge in [0.05, 0.1) is 12.6 Å². The van der Waals surface area contributed by atoms with Gasteiger partial charge in [0.1, 0.15) is 5.60 Å². The average molecular weight is 256 g/mol. The molecule has 2 bridgehead atoms. The second-order valence-corrected chi connectivity index (χ2v) is 6.22. The second kappa shape index (κ2) is 5.05. The van der Waals surface area contributed by atoms with Gasteiger partial charge in [0.25, 0.3) is 0 Å². The van der Waals surface area contributed by atoms with E-state index in [2.05, 4.69) is 5.32 Å². The first kappa shape index (κ1) is 13.6. The number of nitrogens with zero attached hydrogens (tertiary/aromatic N) is 1. The second-order valence-electron chi connectivity index (χ2n) is 6.22. The van der Waals surface area contributed by atoms with E-state index >= 15 is 0 Å². The summed E-state index contributed by atoms with van der Waals surface area (Å²) in [5.74, 6) is 0.419. The Morgan fingerprint density at radius 1 is 1.39 bits per heavy atom. The maximum atomic E-state index is 12.3. The number of piperazine rings is 1. The van der Waals surface area contributed by atoms with Crippen molar-refractivity contribution in [3.63, 3.8) is 0 Å². The van der Waals surface area contributed by atoms with Crippen LogP contribution in [0.2, 0.25) is 0 Å². The highest BCUT2D eigenvalue weighted by Gasteiger charge is 2.47. The molecule has 0 aromatic carbocycles. The molecule has 2 saturated heterocycles. The maximum absolute atomic E-state index is 12.3. The van der Waals surface area contributed by atoms with Gasteiger partial charge in [0.15, 0.2) is 0 Å². The first-order chi connectivity index (χ1) is 8.42. The molecule has 2 fully saturated rings. The summed E-state index contributed by atoms with van der Waals surface area (Å²) in [7, 11) is 1.72. The molecule has 1 N–H and O–H groups in total. The van der Waals surface area contributed by atoms with Crippen LogP contribution in [0.25, 0.3) is 0 Å². The summed E-state index contributed by atoms with van der Waals surface area (Å²) in [6.45, 7) is 8.12. The normalized spacial score (nSPS) is 31.6. The minimum atomic E-state index is -0.432. The number of amides is 1. The molecule has 2 aliphatic rings. The molecule has 18 heavy (non-hydrogen) atoms. The fraction of sp³-hybridized carbons (Fsp3) is 0.923. The lowest BCUT2D eigenvalue weighted by Crippen LogP contribution is -2.56. The first-order valence-corrected chi connectivity index (χ1v) is 6.63. The van der Waals surface area contributed by atoms with Crippen LogP contribution in [0.15, 0.2) is 0 Å². The predicted octanol–water partition coefficient (Wildman–Crippen LogP) is 1.23. The monoisotopic (exact) mass is 256 g/mol. The Morgan fingerprint density at radius 3 is 2.72 bits per heavy atom. The highest BCUT2D eigenvalue weighted by molar-refractivity contribution is 5.70. The van der Waals surface area contributed by atoms with Gasteiger partial charge in [-0.05, 0) is 27.2 Å². The van der Waals surface area contributed by atoms with Crippen LogP contribution in [0.4, 0.5) is 4.79 Å². The number of hydrogen-bond donors (Lipinski definition) is 1. The van der Waals surface area contributed by atoms with Crippen molar-refractivity contribution in [2.75, 3.05) is 26.8 Å². The van der Waals surface area contributed by atoms with Gasteiger partial charge in [0.2, 0.25) is 0 Å². The van der Waals surface area contributed by atoms with Crippen LogP contribution in [0, 0.1) is 5.92 Å². The van der Waals surface area contributed by atoms with Crippen molar-refractivity contribution in [2.45, 2.75) is 44.9 Å². The molecule has 2 aliphatic heterocycles.